The van der Waals surface area contributed by atoms with Crippen LogP contribution in [-0.4, -0.2) is 29.3 Å². The molecule has 0 spiro atoms. The molecule has 3 nitrogen and oxygen atoms in total. The van der Waals surface area contributed by atoms with E-state index in [1.54, 1.807) is 30.9 Å². The number of hydrogen-bond donors (Lipinski definition) is 0. The summed E-state index contributed by atoms with van der Waals surface area (Å²) in [5.41, 5.74) is 1.59. The molecule has 2 aromatic rings. The van der Waals surface area contributed by atoms with Crippen molar-refractivity contribution < 1.29 is 9.18 Å². The Morgan fingerprint density at radius 3 is 2.42 bits per heavy atom. The number of amidine groups is 1. The Bertz CT molecular complexity index is 814. The molecular weight excluding hydrogens is 343 g/mol. The largest absolute Gasteiger partial charge is 0.290 e. The van der Waals surface area contributed by atoms with Crippen LogP contribution in [0.2, 0.25) is 0 Å². The van der Waals surface area contributed by atoms with Crippen LogP contribution in [0.5, 0.6) is 0 Å². The highest BCUT2D eigenvalue weighted by atomic mass is 32.2. The Balaban J connectivity index is 1.85. The molecule has 0 radical (unpaired) electrons. The molecule has 0 saturated carbocycles. The lowest BCUT2D eigenvalue weighted by Gasteiger charge is -2.06. The first-order chi connectivity index (χ1) is 11.6. The highest BCUT2D eigenvalue weighted by Gasteiger charge is 2.30. The van der Waals surface area contributed by atoms with Crippen LogP contribution >= 0.6 is 23.5 Å². The highest BCUT2D eigenvalue weighted by Crippen LogP contribution is 2.33. The second kappa shape index (κ2) is 7.23. The number of amides is 1. The summed E-state index contributed by atoms with van der Waals surface area (Å²) in [5.74, 6) is -0.397. The fourth-order valence-electron chi connectivity index (χ4n) is 2.13. The lowest BCUT2D eigenvalue weighted by molar-refractivity contribution is -0.121. The Morgan fingerprint density at radius 1 is 1.12 bits per heavy atom. The summed E-state index contributed by atoms with van der Waals surface area (Å²) in [5, 5.41) is 0.582. The fourth-order valence-corrected chi connectivity index (χ4v) is 3.52. The van der Waals surface area contributed by atoms with E-state index in [0.717, 1.165) is 5.56 Å². The van der Waals surface area contributed by atoms with Crippen molar-refractivity contribution >= 4 is 46.4 Å². The van der Waals surface area contributed by atoms with Gasteiger partial charge in [0.25, 0.3) is 5.91 Å². The smallest absolute Gasteiger partial charge is 0.266 e. The summed E-state index contributed by atoms with van der Waals surface area (Å²) in [6.45, 7) is 0. The van der Waals surface area contributed by atoms with E-state index in [2.05, 4.69) is 4.99 Å². The molecule has 122 valence electrons. The molecule has 0 N–H and O–H groups in total. The lowest BCUT2D eigenvalue weighted by atomic mass is 10.2. The first-order valence-corrected chi connectivity index (χ1v) is 9.27. The third-order valence-corrected chi connectivity index (χ3v) is 5.27. The standard InChI is InChI=1S/C18H15FN2OS2/c1-21-17(22)16(11-12-3-9-15(23-2)10-4-12)24-18(21)20-14-7-5-13(19)6-8-14/h3-11H,1-2H3/b16-11+,20-18?. The van der Waals surface area contributed by atoms with Gasteiger partial charge in [0.2, 0.25) is 0 Å². The molecule has 0 bridgehead atoms. The van der Waals surface area contributed by atoms with Gasteiger partial charge in [-0.25, -0.2) is 9.38 Å². The van der Waals surface area contributed by atoms with E-state index in [1.807, 2.05) is 36.6 Å². The monoisotopic (exact) mass is 358 g/mol. The number of halogens is 1. The van der Waals surface area contributed by atoms with Crippen molar-refractivity contribution in [3.8, 4) is 0 Å². The summed E-state index contributed by atoms with van der Waals surface area (Å²) in [7, 11) is 1.69. The van der Waals surface area contributed by atoms with Gasteiger partial charge >= 0.3 is 0 Å². The normalized spacial score (nSPS) is 18.0. The predicted molar refractivity (Wildman–Crippen MR) is 100 cm³/mol. The van der Waals surface area contributed by atoms with Gasteiger partial charge in [-0.05, 0) is 66.1 Å². The second-order valence-electron chi connectivity index (χ2n) is 5.12. The zero-order valence-corrected chi connectivity index (χ0v) is 14.8. The van der Waals surface area contributed by atoms with Crippen LogP contribution in [0.25, 0.3) is 6.08 Å². The molecule has 0 unspecified atom stereocenters. The SMILES string of the molecule is CSc1ccc(/C=C2/SC(=Nc3ccc(F)cc3)N(C)C2=O)cc1. The Labute approximate surface area is 148 Å². The van der Waals surface area contributed by atoms with E-state index in [-0.39, 0.29) is 11.7 Å². The first kappa shape index (κ1) is 16.8. The van der Waals surface area contributed by atoms with E-state index >= 15 is 0 Å². The number of rotatable bonds is 3. The molecule has 1 saturated heterocycles. The Morgan fingerprint density at radius 2 is 1.79 bits per heavy atom. The summed E-state index contributed by atoms with van der Waals surface area (Å²) in [6, 6.07) is 13.9. The van der Waals surface area contributed by atoms with Crippen molar-refractivity contribution in [1.29, 1.82) is 0 Å². The van der Waals surface area contributed by atoms with Gasteiger partial charge < -0.3 is 0 Å². The number of hydrogen-bond acceptors (Lipinski definition) is 4. The van der Waals surface area contributed by atoms with Crippen molar-refractivity contribution in [2.75, 3.05) is 13.3 Å². The molecular formula is C18H15FN2OS2. The van der Waals surface area contributed by atoms with Crippen LogP contribution in [0.3, 0.4) is 0 Å². The molecule has 3 rings (SSSR count). The van der Waals surface area contributed by atoms with Crippen LogP contribution in [0, 0.1) is 5.82 Å². The van der Waals surface area contributed by atoms with Gasteiger partial charge in [0.1, 0.15) is 5.82 Å². The van der Waals surface area contributed by atoms with E-state index in [1.165, 1.54) is 33.7 Å². The van der Waals surface area contributed by atoms with Crippen molar-refractivity contribution in [3.63, 3.8) is 0 Å². The average molecular weight is 358 g/mol. The Kier molecular flexibility index (Phi) is 5.06. The second-order valence-corrected chi connectivity index (χ2v) is 7.01. The van der Waals surface area contributed by atoms with Crippen molar-refractivity contribution in [2.24, 2.45) is 4.99 Å². The molecule has 0 aliphatic carbocycles. The van der Waals surface area contributed by atoms with E-state index in [0.29, 0.717) is 15.8 Å². The van der Waals surface area contributed by atoms with Crippen LogP contribution < -0.4 is 0 Å². The number of benzene rings is 2. The minimum absolute atomic E-state index is 0.0881. The van der Waals surface area contributed by atoms with Crippen LogP contribution in [0.1, 0.15) is 5.56 Å². The number of carbonyl (C=O) groups excluding carboxylic acids is 1. The first-order valence-electron chi connectivity index (χ1n) is 7.23. The molecule has 1 aliphatic heterocycles. The lowest BCUT2D eigenvalue weighted by Crippen LogP contribution is -2.23. The number of aliphatic imine (C=N–C) groups is 1. The van der Waals surface area contributed by atoms with Crippen LogP contribution in [0.4, 0.5) is 10.1 Å². The van der Waals surface area contributed by atoms with Gasteiger partial charge in [-0.15, -0.1) is 11.8 Å². The van der Waals surface area contributed by atoms with E-state index in [4.69, 9.17) is 0 Å². The minimum atomic E-state index is -0.309. The number of thioether (sulfide) groups is 2. The third kappa shape index (κ3) is 3.71. The van der Waals surface area contributed by atoms with Crippen LogP contribution in [-0.2, 0) is 4.79 Å². The molecule has 1 fully saturated rings. The van der Waals surface area contributed by atoms with Crippen molar-refractivity contribution in [3.05, 3.63) is 64.8 Å². The Hall–Kier alpha value is -2.05. The van der Waals surface area contributed by atoms with Crippen molar-refractivity contribution in [2.45, 2.75) is 4.90 Å². The molecule has 1 amide bonds. The molecule has 24 heavy (non-hydrogen) atoms. The summed E-state index contributed by atoms with van der Waals surface area (Å²) >= 11 is 3.00. The van der Waals surface area contributed by atoms with E-state index < -0.39 is 0 Å². The number of nitrogens with zero attached hydrogens (tertiary/aromatic N) is 2. The third-order valence-electron chi connectivity index (χ3n) is 3.47. The topological polar surface area (TPSA) is 32.7 Å². The van der Waals surface area contributed by atoms with Gasteiger partial charge in [0.05, 0.1) is 10.6 Å². The highest BCUT2D eigenvalue weighted by molar-refractivity contribution is 8.18. The van der Waals surface area contributed by atoms with E-state index in [9.17, 15) is 9.18 Å². The van der Waals surface area contributed by atoms with Gasteiger partial charge in [0, 0.05) is 11.9 Å². The fraction of sp³-hybridized carbons (Fsp3) is 0.111. The molecule has 1 aliphatic rings. The maximum Gasteiger partial charge on any atom is 0.266 e. The predicted octanol–water partition coefficient (Wildman–Crippen LogP) is 4.78. The molecule has 0 atom stereocenters. The molecule has 2 aromatic carbocycles. The van der Waals surface area contributed by atoms with Gasteiger partial charge in [0.15, 0.2) is 5.17 Å². The molecule has 6 heteroatoms. The zero-order valence-electron chi connectivity index (χ0n) is 13.2. The van der Waals surface area contributed by atoms with Crippen LogP contribution in [0.15, 0.2) is 63.3 Å². The maximum absolute atomic E-state index is 13.0. The maximum atomic E-state index is 13.0. The van der Waals surface area contributed by atoms with Gasteiger partial charge in [-0.2, -0.15) is 0 Å². The summed E-state index contributed by atoms with van der Waals surface area (Å²) in [4.78, 5) is 20.1. The average Bonchev–Trinajstić information content (AvgIpc) is 2.86. The zero-order chi connectivity index (χ0) is 17.1. The van der Waals surface area contributed by atoms with Gasteiger partial charge in [-0.1, -0.05) is 12.1 Å². The number of likely N-dealkylation sites (N-methyl/N-ethyl adjacent to an activating group) is 1. The minimum Gasteiger partial charge on any atom is -0.290 e. The summed E-state index contributed by atoms with van der Waals surface area (Å²) in [6.07, 6.45) is 3.89. The quantitative estimate of drug-likeness (QED) is 0.585. The summed E-state index contributed by atoms with van der Waals surface area (Å²) < 4.78 is 13.0. The van der Waals surface area contributed by atoms with Crippen molar-refractivity contribution in [1.82, 2.24) is 4.90 Å². The molecule has 0 aromatic heterocycles. The number of carbonyl (C=O) groups is 1. The van der Waals surface area contributed by atoms with Gasteiger partial charge in [-0.3, -0.25) is 9.69 Å². The molecule has 1 heterocycles.